The summed E-state index contributed by atoms with van der Waals surface area (Å²) in [6.45, 7) is 1.85. The summed E-state index contributed by atoms with van der Waals surface area (Å²) in [7, 11) is 0. The first kappa shape index (κ1) is 7.70. The van der Waals surface area contributed by atoms with Crippen molar-refractivity contribution >= 4 is 11.5 Å². The standard InChI is InChI=1S/C15H17NO/c1-9-5-6-10-8-14-11(13(10)7-9)3-2-4-12(14)15(16)17/h5-7,12H,2-4,8H2,1H3,(H2,16,17)/i3D2,7D. The van der Waals surface area contributed by atoms with Crippen LogP contribution in [0.2, 0.25) is 0 Å². The van der Waals surface area contributed by atoms with E-state index in [1.165, 1.54) is 0 Å². The number of hydrogen-bond acceptors (Lipinski definition) is 1. The van der Waals surface area contributed by atoms with Gasteiger partial charge in [0.15, 0.2) is 0 Å². The smallest absolute Gasteiger partial charge is 0.224 e. The lowest BCUT2D eigenvalue weighted by Crippen LogP contribution is -2.27. The molecular formula is C15H17NO. The van der Waals surface area contributed by atoms with Crippen molar-refractivity contribution in [3.8, 4) is 0 Å². The van der Waals surface area contributed by atoms with E-state index in [0.717, 1.165) is 16.7 Å². The van der Waals surface area contributed by atoms with Gasteiger partial charge in [-0.1, -0.05) is 23.7 Å². The van der Waals surface area contributed by atoms with Crippen molar-refractivity contribution in [2.75, 3.05) is 0 Å². The molecular weight excluding hydrogens is 210 g/mol. The second-order valence-corrected chi connectivity index (χ2v) is 4.79. The molecule has 0 saturated carbocycles. The molecule has 2 heteroatoms. The van der Waals surface area contributed by atoms with Crippen LogP contribution in [-0.2, 0) is 11.2 Å². The van der Waals surface area contributed by atoms with Gasteiger partial charge in [0.1, 0.15) is 0 Å². The lowest BCUT2D eigenvalue weighted by Gasteiger charge is -2.22. The highest BCUT2D eigenvalue weighted by molar-refractivity contribution is 5.87. The van der Waals surface area contributed by atoms with Crippen molar-refractivity contribution in [1.82, 2.24) is 0 Å². The zero-order valence-corrected chi connectivity index (χ0v) is 9.84. The number of allylic oxidation sites excluding steroid dienone is 1. The number of hydrogen-bond donors (Lipinski definition) is 1. The molecule has 2 aliphatic rings. The van der Waals surface area contributed by atoms with Gasteiger partial charge in [0.05, 0.1) is 7.29 Å². The van der Waals surface area contributed by atoms with Gasteiger partial charge in [0.2, 0.25) is 5.91 Å². The number of fused-ring (bicyclic) bond motifs is 2. The Labute approximate surface area is 106 Å². The van der Waals surface area contributed by atoms with Crippen molar-refractivity contribution in [3.63, 3.8) is 0 Å². The lowest BCUT2D eigenvalue weighted by atomic mass is 9.82. The number of benzene rings is 1. The minimum Gasteiger partial charge on any atom is -0.369 e. The average molecular weight is 230 g/mol. The maximum atomic E-state index is 11.6. The predicted molar refractivity (Wildman–Crippen MR) is 68.3 cm³/mol. The van der Waals surface area contributed by atoms with E-state index in [0.29, 0.717) is 30.0 Å². The minimum absolute atomic E-state index is 0.284. The maximum absolute atomic E-state index is 11.6. The second-order valence-electron chi connectivity index (χ2n) is 4.79. The summed E-state index contributed by atoms with van der Waals surface area (Å²) < 4.78 is 24.7. The van der Waals surface area contributed by atoms with Gasteiger partial charge in [0, 0.05) is 2.74 Å². The third-order valence-electron chi connectivity index (χ3n) is 3.63. The van der Waals surface area contributed by atoms with Crippen LogP contribution in [0.5, 0.6) is 0 Å². The highest BCUT2D eigenvalue weighted by Crippen LogP contribution is 2.44. The Morgan fingerprint density at radius 1 is 1.59 bits per heavy atom. The van der Waals surface area contributed by atoms with E-state index in [2.05, 4.69) is 0 Å². The predicted octanol–water partition coefficient (Wildman–Crippen LogP) is 2.59. The number of carbonyl (C=O) groups excluding carboxylic acids is 1. The number of rotatable bonds is 1. The molecule has 0 saturated heterocycles. The normalized spacial score (nSPS) is 27.8. The van der Waals surface area contributed by atoms with Crippen LogP contribution < -0.4 is 5.73 Å². The SMILES string of the molecule is [2H]c1c(C)ccc2c1C1=C(C2)C(C(N)=O)CCC1([2H])[2H]. The van der Waals surface area contributed by atoms with Crippen LogP contribution >= 0.6 is 0 Å². The Balaban J connectivity index is 2.26. The zero-order chi connectivity index (χ0) is 14.7. The summed E-state index contributed by atoms with van der Waals surface area (Å²) in [5.74, 6) is -0.773. The van der Waals surface area contributed by atoms with Crippen LogP contribution in [-0.4, -0.2) is 5.91 Å². The van der Waals surface area contributed by atoms with E-state index < -0.39 is 6.37 Å². The Bertz CT molecular complexity index is 649. The molecule has 3 rings (SSSR count). The summed E-state index contributed by atoms with van der Waals surface area (Å²) >= 11 is 0. The number of carbonyl (C=O) groups is 1. The molecule has 0 fully saturated rings. The van der Waals surface area contributed by atoms with Crippen molar-refractivity contribution in [1.29, 1.82) is 0 Å². The molecule has 0 aromatic heterocycles. The second kappa shape index (κ2) is 3.73. The van der Waals surface area contributed by atoms with E-state index in [1.807, 2.05) is 19.1 Å². The summed E-state index contributed by atoms with van der Waals surface area (Å²) in [4.78, 5) is 11.6. The topological polar surface area (TPSA) is 43.1 Å². The van der Waals surface area contributed by atoms with Gasteiger partial charge in [-0.3, -0.25) is 4.79 Å². The average Bonchev–Trinajstić information content (AvgIpc) is 2.74. The third-order valence-corrected chi connectivity index (χ3v) is 3.63. The first-order valence-electron chi connectivity index (χ1n) is 7.45. The van der Waals surface area contributed by atoms with Gasteiger partial charge in [-0.25, -0.2) is 0 Å². The van der Waals surface area contributed by atoms with Crippen LogP contribution in [0.4, 0.5) is 0 Å². The van der Waals surface area contributed by atoms with E-state index in [9.17, 15) is 4.79 Å². The highest BCUT2D eigenvalue weighted by atomic mass is 16.1. The van der Waals surface area contributed by atoms with Gasteiger partial charge in [-0.2, -0.15) is 0 Å². The molecule has 2 N–H and O–H groups in total. The Morgan fingerprint density at radius 2 is 2.41 bits per heavy atom. The largest absolute Gasteiger partial charge is 0.369 e. The minimum atomic E-state index is -1.48. The van der Waals surface area contributed by atoms with Gasteiger partial charge < -0.3 is 5.73 Å². The van der Waals surface area contributed by atoms with Gasteiger partial charge in [0.25, 0.3) is 0 Å². The van der Waals surface area contributed by atoms with Crippen LogP contribution in [0.15, 0.2) is 23.7 Å². The fraction of sp³-hybridized carbons (Fsp3) is 0.400. The molecule has 0 bridgehead atoms. The number of amides is 1. The number of primary amides is 1. The lowest BCUT2D eigenvalue weighted by molar-refractivity contribution is -0.121. The van der Waals surface area contributed by atoms with Crippen molar-refractivity contribution < 1.29 is 8.91 Å². The first-order valence-corrected chi connectivity index (χ1v) is 5.95. The van der Waals surface area contributed by atoms with Gasteiger partial charge in [-0.15, -0.1) is 0 Å². The number of aryl methyl sites for hydroxylation is 1. The molecule has 2 aliphatic carbocycles. The van der Waals surface area contributed by atoms with E-state index in [-0.39, 0.29) is 18.2 Å². The monoisotopic (exact) mass is 230 g/mol. The Kier molecular flexibility index (Phi) is 1.69. The van der Waals surface area contributed by atoms with Crippen LogP contribution in [0.1, 0.15) is 40.0 Å². The van der Waals surface area contributed by atoms with E-state index in [4.69, 9.17) is 9.85 Å². The molecule has 1 amide bonds. The van der Waals surface area contributed by atoms with Crippen LogP contribution in [0.25, 0.3) is 5.57 Å². The molecule has 1 unspecified atom stereocenters. The molecule has 0 aliphatic heterocycles. The van der Waals surface area contributed by atoms with Gasteiger partial charge in [-0.05, 0) is 54.8 Å². The fourth-order valence-electron chi connectivity index (χ4n) is 2.78. The summed E-state index contributed by atoms with van der Waals surface area (Å²) in [6.07, 6.45) is -0.187. The molecule has 1 aromatic rings. The van der Waals surface area contributed by atoms with Gasteiger partial charge >= 0.3 is 0 Å². The van der Waals surface area contributed by atoms with Crippen LogP contribution in [0, 0.1) is 12.8 Å². The Hall–Kier alpha value is -1.57. The first-order chi connectivity index (χ1) is 9.33. The molecule has 0 spiro atoms. The fourth-order valence-corrected chi connectivity index (χ4v) is 2.78. The maximum Gasteiger partial charge on any atom is 0.224 e. The van der Waals surface area contributed by atoms with Crippen LogP contribution in [0.3, 0.4) is 0 Å². The van der Waals surface area contributed by atoms with E-state index >= 15 is 0 Å². The summed E-state index contributed by atoms with van der Waals surface area (Å²) in [5.41, 5.74) is 9.28. The molecule has 2 nitrogen and oxygen atoms in total. The highest BCUT2D eigenvalue weighted by Gasteiger charge is 2.32. The molecule has 17 heavy (non-hydrogen) atoms. The molecule has 88 valence electrons. The molecule has 0 radical (unpaired) electrons. The molecule has 1 atom stereocenters. The summed E-state index contributed by atoms with van der Waals surface area (Å²) in [5, 5.41) is 0. The number of nitrogens with two attached hydrogens (primary N) is 1. The van der Waals surface area contributed by atoms with Crippen molar-refractivity contribution in [2.24, 2.45) is 11.7 Å². The molecule has 1 aromatic carbocycles. The van der Waals surface area contributed by atoms with Crippen molar-refractivity contribution in [3.05, 3.63) is 40.4 Å². The quantitative estimate of drug-likeness (QED) is 0.791. The third kappa shape index (κ3) is 1.59. The van der Waals surface area contributed by atoms with E-state index in [1.54, 1.807) is 0 Å². The van der Waals surface area contributed by atoms with Crippen molar-refractivity contribution in [2.45, 2.75) is 32.6 Å². The summed E-state index contributed by atoms with van der Waals surface area (Å²) in [6, 6.07) is 4.20. The molecule has 0 heterocycles. The zero-order valence-electron chi connectivity index (χ0n) is 12.8. The Morgan fingerprint density at radius 3 is 3.18 bits per heavy atom.